The summed E-state index contributed by atoms with van der Waals surface area (Å²) in [5.74, 6) is 0. The minimum atomic E-state index is -0.397. The van der Waals surface area contributed by atoms with Gasteiger partial charge in [0.1, 0.15) is 0 Å². The highest BCUT2D eigenvalue weighted by Crippen LogP contribution is 2.26. The highest BCUT2D eigenvalue weighted by molar-refractivity contribution is 5.36. The predicted octanol–water partition coefficient (Wildman–Crippen LogP) is 2.21. The number of rotatable bonds is 4. The fourth-order valence-corrected chi connectivity index (χ4v) is 2.50. The van der Waals surface area contributed by atoms with Crippen molar-refractivity contribution in [3.63, 3.8) is 0 Å². The highest BCUT2D eigenvalue weighted by atomic mass is 16.3. The molecule has 0 spiro atoms. The number of hydrogen-bond donors (Lipinski definition) is 2. The van der Waals surface area contributed by atoms with Crippen LogP contribution in [0.5, 0.6) is 0 Å². The topological polar surface area (TPSA) is 32.3 Å². The number of hydrogen-bond acceptors (Lipinski definition) is 2. The third-order valence-corrected chi connectivity index (χ3v) is 3.46. The molecule has 88 valence electrons. The molecule has 2 heteroatoms. The number of aliphatic hydroxyl groups excluding tert-OH is 1. The zero-order chi connectivity index (χ0) is 11.5. The van der Waals surface area contributed by atoms with E-state index in [4.69, 9.17) is 0 Å². The van der Waals surface area contributed by atoms with Gasteiger partial charge in [0.05, 0.1) is 6.10 Å². The lowest BCUT2D eigenvalue weighted by Crippen LogP contribution is -2.31. The van der Waals surface area contributed by atoms with Gasteiger partial charge in [0.25, 0.3) is 0 Å². The van der Waals surface area contributed by atoms with Crippen LogP contribution in [0.1, 0.15) is 43.1 Å². The van der Waals surface area contributed by atoms with Gasteiger partial charge in [0.2, 0.25) is 0 Å². The molecule has 2 atom stereocenters. The second-order valence-corrected chi connectivity index (χ2v) is 4.67. The number of fused-ring (bicyclic) bond motifs is 1. The molecule has 1 aromatic rings. The summed E-state index contributed by atoms with van der Waals surface area (Å²) in [6.45, 7) is 4.98. The van der Waals surface area contributed by atoms with Crippen LogP contribution in [0.3, 0.4) is 0 Å². The molecule has 0 amide bonds. The molecule has 0 aromatic heterocycles. The predicted molar refractivity (Wildman–Crippen MR) is 66.6 cm³/mol. The summed E-state index contributed by atoms with van der Waals surface area (Å²) in [6, 6.07) is 6.55. The lowest BCUT2D eigenvalue weighted by atomic mass is 9.99. The molecule has 0 fully saturated rings. The van der Waals surface area contributed by atoms with Crippen LogP contribution in [0.2, 0.25) is 0 Å². The normalized spacial score (nSPS) is 18.2. The number of benzene rings is 1. The lowest BCUT2D eigenvalue weighted by molar-refractivity contribution is 0.137. The van der Waals surface area contributed by atoms with Gasteiger partial charge in [0, 0.05) is 6.04 Å². The molecule has 2 unspecified atom stereocenters. The van der Waals surface area contributed by atoms with Crippen LogP contribution in [0.15, 0.2) is 18.2 Å². The Labute approximate surface area is 97.7 Å². The van der Waals surface area contributed by atoms with Crippen LogP contribution in [0.25, 0.3) is 0 Å². The number of nitrogens with one attached hydrogen (secondary N) is 1. The van der Waals surface area contributed by atoms with Crippen molar-refractivity contribution in [2.45, 2.75) is 45.3 Å². The van der Waals surface area contributed by atoms with Gasteiger partial charge in [-0.1, -0.05) is 25.1 Å². The highest BCUT2D eigenvalue weighted by Gasteiger charge is 2.18. The largest absolute Gasteiger partial charge is 0.387 e. The minimum absolute atomic E-state index is 0.115. The quantitative estimate of drug-likeness (QED) is 0.813. The van der Waals surface area contributed by atoms with Crippen molar-refractivity contribution in [1.29, 1.82) is 0 Å². The van der Waals surface area contributed by atoms with Crippen LogP contribution >= 0.6 is 0 Å². The zero-order valence-electron chi connectivity index (χ0n) is 10.2. The second kappa shape index (κ2) is 4.98. The van der Waals surface area contributed by atoms with E-state index in [1.54, 1.807) is 0 Å². The van der Waals surface area contributed by atoms with Gasteiger partial charge in [-0.05, 0) is 49.4 Å². The van der Waals surface area contributed by atoms with Crippen LogP contribution in [-0.2, 0) is 12.8 Å². The maximum Gasteiger partial charge on any atom is 0.0940 e. The van der Waals surface area contributed by atoms with Crippen LogP contribution in [0, 0.1) is 0 Å². The Morgan fingerprint density at radius 1 is 1.31 bits per heavy atom. The first kappa shape index (κ1) is 11.6. The Morgan fingerprint density at radius 3 is 2.81 bits per heavy atom. The molecule has 1 aliphatic carbocycles. The SMILES string of the molecule is CCNC(C)C(O)c1ccc2c(c1)CCC2. The van der Waals surface area contributed by atoms with Crippen LogP contribution < -0.4 is 5.32 Å². The summed E-state index contributed by atoms with van der Waals surface area (Å²) in [5, 5.41) is 13.5. The van der Waals surface area contributed by atoms with E-state index in [1.165, 1.54) is 30.4 Å². The van der Waals surface area contributed by atoms with Crippen molar-refractivity contribution in [2.24, 2.45) is 0 Å². The molecular formula is C14H21NO. The number of likely N-dealkylation sites (N-methyl/N-ethyl adjacent to an activating group) is 1. The molecule has 0 aliphatic heterocycles. The van der Waals surface area contributed by atoms with E-state index in [2.05, 4.69) is 30.4 Å². The summed E-state index contributed by atoms with van der Waals surface area (Å²) < 4.78 is 0. The first-order valence-electron chi connectivity index (χ1n) is 6.25. The first-order valence-corrected chi connectivity index (χ1v) is 6.25. The van der Waals surface area contributed by atoms with Gasteiger partial charge >= 0.3 is 0 Å². The average Bonchev–Trinajstić information content (AvgIpc) is 2.75. The average molecular weight is 219 g/mol. The summed E-state index contributed by atoms with van der Waals surface area (Å²) in [5.41, 5.74) is 3.95. The molecular weight excluding hydrogens is 198 g/mol. The molecule has 2 nitrogen and oxygen atoms in total. The number of aryl methyl sites for hydroxylation is 2. The van der Waals surface area contributed by atoms with Gasteiger partial charge in [-0.2, -0.15) is 0 Å². The fraction of sp³-hybridized carbons (Fsp3) is 0.571. The Kier molecular flexibility index (Phi) is 3.62. The maximum absolute atomic E-state index is 10.2. The van der Waals surface area contributed by atoms with Gasteiger partial charge in [-0.25, -0.2) is 0 Å². The van der Waals surface area contributed by atoms with Gasteiger partial charge in [0.15, 0.2) is 0 Å². The fourth-order valence-electron chi connectivity index (χ4n) is 2.50. The van der Waals surface area contributed by atoms with E-state index >= 15 is 0 Å². The van der Waals surface area contributed by atoms with Crippen LogP contribution in [0.4, 0.5) is 0 Å². The molecule has 2 rings (SSSR count). The zero-order valence-corrected chi connectivity index (χ0v) is 10.2. The van der Waals surface area contributed by atoms with Gasteiger partial charge in [-0.3, -0.25) is 0 Å². The van der Waals surface area contributed by atoms with E-state index in [0.717, 1.165) is 12.1 Å². The minimum Gasteiger partial charge on any atom is -0.387 e. The molecule has 1 aliphatic rings. The van der Waals surface area contributed by atoms with E-state index in [0.29, 0.717) is 0 Å². The monoisotopic (exact) mass is 219 g/mol. The van der Waals surface area contributed by atoms with E-state index < -0.39 is 6.10 Å². The van der Waals surface area contributed by atoms with Crippen molar-refractivity contribution in [1.82, 2.24) is 5.32 Å². The van der Waals surface area contributed by atoms with Crippen molar-refractivity contribution in [2.75, 3.05) is 6.54 Å². The smallest absolute Gasteiger partial charge is 0.0940 e. The van der Waals surface area contributed by atoms with Crippen molar-refractivity contribution in [3.8, 4) is 0 Å². The molecule has 0 saturated heterocycles. The number of aliphatic hydroxyl groups is 1. The van der Waals surface area contributed by atoms with Crippen LogP contribution in [-0.4, -0.2) is 17.7 Å². The van der Waals surface area contributed by atoms with Gasteiger partial charge < -0.3 is 10.4 Å². The molecule has 16 heavy (non-hydrogen) atoms. The molecule has 2 N–H and O–H groups in total. The first-order chi connectivity index (χ1) is 7.72. The van der Waals surface area contributed by atoms with E-state index in [1.807, 2.05) is 6.92 Å². The second-order valence-electron chi connectivity index (χ2n) is 4.67. The van der Waals surface area contributed by atoms with Crippen molar-refractivity contribution < 1.29 is 5.11 Å². The molecule has 0 radical (unpaired) electrons. The van der Waals surface area contributed by atoms with Gasteiger partial charge in [-0.15, -0.1) is 0 Å². The van der Waals surface area contributed by atoms with E-state index in [9.17, 15) is 5.11 Å². The van der Waals surface area contributed by atoms with Crippen molar-refractivity contribution in [3.05, 3.63) is 34.9 Å². The molecule has 0 heterocycles. The molecule has 0 bridgehead atoms. The van der Waals surface area contributed by atoms with E-state index in [-0.39, 0.29) is 6.04 Å². The van der Waals surface area contributed by atoms with Crippen molar-refractivity contribution >= 4 is 0 Å². The Balaban J connectivity index is 2.14. The summed E-state index contributed by atoms with van der Waals surface area (Å²) >= 11 is 0. The standard InChI is InChI=1S/C14H21NO/c1-3-15-10(2)14(16)13-8-7-11-5-4-6-12(11)9-13/h7-10,14-16H,3-6H2,1-2H3. The molecule has 1 aromatic carbocycles. The third kappa shape index (κ3) is 2.28. The maximum atomic E-state index is 10.2. The Morgan fingerprint density at radius 2 is 2.06 bits per heavy atom. The third-order valence-electron chi connectivity index (χ3n) is 3.46. The summed E-state index contributed by atoms with van der Waals surface area (Å²) in [6.07, 6.45) is 3.24. The summed E-state index contributed by atoms with van der Waals surface area (Å²) in [7, 11) is 0. The Hall–Kier alpha value is -0.860. The Bertz CT molecular complexity index is 362. The lowest BCUT2D eigenvalue weighted by Gasteiger charge is -2.20. The summed E-state index contributed by atoms with van der Waals surface area (Å²) in [4.78, 5) is 0. The molecule has 0 saturated carbocycles.